The average molecular weight is 387 g/mol. The monoisotopic (exact) mass is 387 g/mol. The van der Waals surface area contributed by atoms with Gasteiger partial charge < -0.3 is 24.6 Å². The summed E-state index contributed by atoms with van der Waals surface area (Å²) in [5.41, 5.74) is 1.32. The molecule has 2 aromatic carbocycles. The fraction of sp³-hybridized carbons (Fsp3) is 0.333. The second-order valence-electron chi connectivity index (χ2n) is 6.40. The van der Waals surface area contributed by atoms with Crippen LogP contribution < -0.4 is 19.5 Å². The van der Waals surface area contributed by atoms with Gasteiger partial charge in [0, 0.05) is 18.5 Å². The molecule has 0 aliphatic rings. The van der Waals surface area contributed by atoms with Crippen molar-refractivity contribution < 1.29 is 28.9 Å². The number of carboxylic acids is 1. The fourth-order valence-corrected chi connectivity index (χ4v) is 2.62. The van der Waals surface area contributed by atoms with Crippen LogP contribution in [0.15, 0.2) is 42.5 Å². The Labute approximate surface area is 164 Å². The summed E-state index contributed by atoms with van der Waals surface area (Å²) in [5, 5.41) is 11.5. The van der Waals surface area contributed by atoms with E-state index in [1.54, 1.807) is 19.1 Å². The van der Waals surface area contributed by atoms with Gasteiger partial charge in [-0.2, -0.15) is 0 Å². The topological polar surface area (TPSA) is 94.1 Å². The molecule has 2 N–H and O–H groups in total. The van der Waals surface area contributed by atoms with E-state index < -0.39 is 5.97 Å². The number of methoxy groups -OCH3 is 2. The maximum atomic E-state index is 12.5. The van der Waals surface area contributed by atoms with Crippen molar-refractivity contribution in [2.75, 3.05) is 20.8 Å². The van der Waals surface area contributed by atoms with Gasteiger partial charge in [0.15, 0.2) is 11.5 Å². The van der Waals surface area contributed by atoms with Gasteiger partial charge in [-0.3, -0.25) is 9.59 Å². The molecular weight excluding hydrogens is 362 g/mol. The summed E-state index contributed by atoms with van der Waals surface area (Å²) in [4.78, 5) is 23.2. The minimum Gasteiger partial charge on any atom is -0.493 e. The zero-order chi connectivity index (χ0) is 20.5. The molecule has 0 radical (unpaired) electrons. The first-order valence-electron chi connectivity index (χ1n) is 8.87. The molecule has 0 aromatic heterocycles. The number of hydrogen-bond acceptors (Lipinski definition) is 5. The highest BCUT2D eigenvalue weighted by Crippen LogP contribution is 2.39. The fourth-order valence-electron chi connectivity index (χ4n) is 2.62. The van der Waals surface area contributed by atoms with Crippen molar-refractivity contribution in [3.63, 3.8) is 0 Å². The Morgan fingerprint density at radius 3 is 2.21 bits per heavy atom. The van der Waals surface area contributed by atoms with Crippen molar-refractivity contribution in [3.05, 3.63) is 53.6 Å². The highest BCUT2D eigenvalue weighted by Gasteiger charge is 2.18. The first kappa shape index (κ1) is 21.1. The van der Waals surface area contributed by atoms with E-state index in [1.807, 2.05) is 30.3 Å². The van der Waals surface area contributed by atoms with Gasteiger partial charge >= 0.3 is 5.97 Å². The number of amides is 1. The maximum Gasteiger partial charge on any atom is 0.303 e. The molecule has 0 aliphatic carbocycles. The Morgan fingerprint density at radius 2 is 1.68 bits per heavy atom. The van der Waals surface area contributed by atoms with Crippen molar-refractivity contribution in [1.82, 2.24) is 5.32 Å². The van der Waals surface area contributed by atoms with E-state index in [-0.39, 0.29) is 24.8 Å². The van der Waals surface area contributed by atoms with Crippen LogP contribution in [0.1, 0.15) is 29.3 Å². The number of ether oxygens (including phenoxy) is 3. The quantitative estimate of drug-likeness (QED) is 0.651. The minimum atomic E-state index is -0.898. The number of benzene rings is 2. The molecule has 0 spiro atoms. The van der Waals surface area contributed by atoms with E-state index in [4.69, 9.17) is 19.3 Å². The van der Waals surface area contributed by atoms with Gasteiger partial charge in [0.1, 0.15) is 6.61 Å². The van der Waals surface area contributed by atoms with Crippen molar-refractivity contribution in [2.24, 2.45) is 5.92 Å². The first-order valence-corrected chi connectivity index (χ1v) is 8.87. The van der Waals surface area contributed by atoms with E-state index in [1.165, 1.54) is 14.2 Å². The first-order chi connectivity index (χ1) is 13.4. The SMILES string of the molecule is COc1cc(C(=O)NCC(C)CC(=O)O)cc(OC)c1OCc1ccccc1. The van der Waals surface area contributed by atoms with Gasteiger partial charge in [0.05, 0.1) is 14.2 Å². The summed E-state index contributed by atoms with van der Waals surface area (Å²) >= 11 is 0. The van der Waals surface area contributed by atoms with Crippen LogP contribution in [-0.2, 0) is 11.4 Å². The average Bonchev–Trinajstić information content (AvgIpc) is 2.70. The Balaban J connectivity index is 2.14. The van der Waals surface area contributed by atoms with Crippen molar-refractivity contribution in [3.8, 4) is 17.2 Å². The van der Waals surface area contributed by atoms with Crippen LogP contribution in [0.5, 0.6) is 17.2 Å². The summed E-state index contributed by atoms with van der Waals surface area (Å²) in [5.74, 6) is -0.269. The largest absolute Gasteiger partial charge is 0.493 e. The molecule has 2 rings (SSSR count). The highest BCUT2D eigenvalue weighted by molar-refractivity contribution is 5.95. The number of carbonyl (C=O) groups excluding carboxylic acids is 1. The van der Waals surface area contributed by atoms with Crippen LogP contribution in [0.3, 0.4) is 0 Å². The molecule has 0 aliphatic heterocycles. The van der Waals surface area contributed by atoms with Crippen LogP contribution in [0, 0.1) is 5.92 Å². The number of hydrogen-bond donors (Lipinski definition) is 2. The van der Waals surface area contributed by atoms with Crippen LogP contribution >= 0.6 is 0 Å². The van der Waals surface area contributed by atoms with Crippen LogP contribution in [0.2, 0.25) is 0 Å². The predicted molar refractivity (Wildman–Crippen MR) is 104 cm³/mol. The zero-order valence-corrected chi connectivity index (χ0v) is 16.2. The normalized spacial score (nSPS) is 11.4. The molecule has 0 saturated carbocycles. The smallest absolute Gasteiger partial charge is 0.303 e. The Bertz CT molecular complexity index is 781. The summed E-state index contributed by atoms with van der Waals surface area (Å²) in [6.07, 6.45) is -0.0147. The molecule has 0 heterocycles. The summed E-state index contributed by atoms with van der Waals surface area (Å²) in [7, 11) is 2.97. The molecule has 0 bridgehead atoms. The summed E-state index contributed by atoms with van der Waals surface area (Å²) < 4.78 is 16.6. The molecule has 28 heavy (non-hydrogen) atoms. The van der Waals surface area contributed by atoms with Crippen LogP contribution in [0.25, 0.3) is 0 Å². The summed E-state index contributed by atoms with van der Waals surface area (Å²) in [6.45, 7) is 2.34. The predicted octanol–water partition coefficient (Wildman–Crippen LogP) is 3.12. The lowest BCUT2D eigenvalue weighted by atomic mass is 10.1. The van der Waals surface area contributed by atoms with E-state index in [9.17, 15) is 9.59 Å². The highest BCUT2D eigenvalue weighted by atomic mass is 16.5. The lowest BCUT2D eigenvalue weighted by Crippen LogP contribution is -2.29. The third-order valence-corrected chi connectivity index (χ3v) is 4.08. The molecule has 1 amide bonds. The van der Waals surface area contributed by atoms with E-state index >= 15 is 0 Å². The van der Waals surface area contributed by atoms with Crippen molar-refractivity contribution in [2.45, 2.75) is 20.0 Å². The maximum absolute atomic E-state index is 12.5. The molecule has 7 nitrogen and oxygen atoms in total. The van der Waals surface area contributed by atoms with Gasteiger partial charge in [-0.25, -0.2) is 0 Å². The number of carboxylic acid groups (broad SMARTS) is 1. The molecule has 0 fully saturated rings. The molecule has 2 aromatic rings. The van der Waals surface area contributed by atoms with Crippen LogP contribution in [0.4, 0.5) is 0 Å². The van der Waals surface area contributed by atoms with Crippen molar-refractivity contribution >= 4 is 11.9 Å². The molecule has 1 unspecified atom stereocenters. The Kier molecular flexibility index (Phi) is 7.68. The minimum absolute atomic E-state index is 0.0147. The van der Waals surface area contributed by atoms with E-state index in [0.717, 1.165) is 5.56 Å². The molecule has 0 saturated heterocycles. The Morgan fingerprint density at radius 1 is 1.07 bits per heavy atom. The Hall–Kier alpha value is -3.22. The number of rotatable bonds is 10. The second kappa shape index (κ2) is 10.2. The number of carbonyl (C=O) groups is 2. The third-order valence-electron chi connectivity index (χ3n) is 4.08. The van der Waals surface area contributed by atoms with Gasteiger partial charge in [-0.05, 0) is 23.6 Å². The standard InChI is InChI=1S/C21H25NO6/c1-14(9-19(23)24)12-22-21(25)16-10-17(26-2)20(18(11-16)27-3)28-13-15-7-5-4-6-8-15/h4-8,10-11,14H,9,12-13H2,1-3H3,(H,22,25)(H,23,24). The van der Waals surface area contributed by atoms with Gasteiger partial charge in [-0.1, -0.05) is 37.3 Å². The summed E-state index contributed by atoms with van der Waals surface area (Å²) in [6, 6.07) is 12.8. The van der Waals surface area contributed by atoms with Gasteiger partial charge in [-0.15, -0.1) is 0 Å². The molecule has 7 heteroatoms. The van der Waals surface area contributed by atoms with E-state index in [2.05, 4.69) is 5.32 Å². The lowest BCUT2D eigenvalue weighted by molar-refractivity contribution is -0.137. The van der Waals surface area contributed by atoms with Crippen molar-refractivity contribution in [1.29, 1.82) is 0 Å². The van der Waals surface area contributed by atoms with Crippen LogP contribution in [-0.4, -0.2) is 37.7 Å². The third kappa shape index (κ3) is 5.90. The van der Waals surface area contributed by atoms with Gasteiger partial charge in [0.25, 0.3) is 5.91 Å². The number of nitrogens with one attached hydrogen (secondary N) is 1. The lowest BCUT2D eigenvalue weighted by Gasteiger charge is -2.17. The number of aliphatic carboxylic acids is 1. The zero-order valence-electron chi connectivity index (χ0n) is 16.2. The molecule has 150 valence electrons. The molecule has 1 atom stereocenters. The van der Waals surface area contributed by atoms with E-state index in [0.29, 0.717) is 29.4 Å². The molecular formula is C21H25NO6. The second-order valence-corrected chi connectivity index (χ2v) is 6.40. The van der Waals surface area contributed by atoms with Gasteiger partial charge in [0.2, 0.25) is 5.75 Å².